The standard InChI is InChI=1S/C10H14ClN3O2S/c1-10(2,9(12)14-16)5-13-8(15)7-6(11)3-4-17-7/h3-4,16H,5H2,1-2H3,(H2,12,14)(H,13,15). The highest BCUT2D eigenvalue weighted by molar-refractivity contribution is 7.12. The molecule has 17 heavy (non-hydrogen) atoms. The third kappa shape index (κ3) is 3.34. The number of carbonyl (C=O) groups excluding carboxylic acids is 1. The smallest absolute Gasteiger partial charge is 0.262 e. The van der Waals surface area contributed by atoms with Crippen molar-refractivity contribution in [3.8, 4) is 0 Å². The molecule has 0 unspecified atom stereocenters. The molecule has 0 atom stereocenters. The van der Waals surface area contributed by atoms with Crippen LogP contribution in [-0.4, -0.2) is 23.5 Å². The average Bonchev–Trinajstić information content (AvgIpc) is 2.71. The van der Waals surface area contributed by atoms with Crippen LogP contribution in [-0.2, 0) is 0 Å². The van der Waals surface area contributed by atoms with E-state index in [2.05, 4.69) is 10.5 Å². The van der Waals surface area contributed by atoms with Gasteiger partial charge in [0.15, 0.2) is 0 Å². The molecule has 0 aliphatic carbocycles. The Hall–Kier alpha value is -1.27. The molecule has 0 saturated heterocycles. The summed E-state index contributed by atoms with van der Waals surface area (Å²) in [6.07, 6.45) is 0. The van der Waals surface area contributed by atoms with Gasteiger partial charge in [-0.25, -0.2) is 0 Å². The molecule has 0 saturated carbocycles. The van der Waals surface area contributed by atoms with Crippen LogP contribution < -0.4 is 11.1 Å². The Morgan fingerprint density at radius 2 is 2.35 bits per heavy atom. The molecule has 0 spiro atoms. The number of hydrogen-bond donors (Lipinski definition) is 3. The van der Waals surface area contributed by atoms with Crippen molar-refractivity contribution in [2.75, 3.05) is 6.54 Å². The summed E-state index contributed by atoms with van der Waals surface area (Å²) < 4.78 is 0. The summed E-state index contributed by atoms with van der Waals surface area (Å²) in [5, 5.41) is 16.4. The molecule has 4 N–H and O–H groups in total. The third-order valence-corrected chi connectivity index (χ3v) is 3.66. The molecule has 1 aromatic heterocycles. The fraction of sp³-hybridized carbons (Fsp3) is 0.400. The number of amides is 1. The van der Waals surface area contributed by atoms with Crippen molar-refractivity contribution in [1.29, 1.82) is 0 Å². The Morgan fingerprint density at radius 3 is 2.82 bits per heavy atom. The van der Waals surface area contributed by atoms with E-state index in [1.54, 1.807) is 25.3 Å². The van der Waals surface area contributed by atoms with Crippen LogP contribution in [0.15, 0.2) is 16.6 Å². The first-order chi connectivity index (χ1) is 7.88. The SMILES string of the molecule is CC(C)(CNC(=O)c1sccc1Cl)/C(N)=N/O. The van der Waals surface area contributed by atoms with Crippen LogP contribution in [0.4, 0.5) is 0 Å². The van der Waals surface area contributed by atoms with Gasteiger partial charge < -0.3 is 16.3 Å². The van der Waals surface area contributed by atoms with E-state index in [0.717, 1.165) is 0 Å². The zero-order valence-corrected chi connectivity index (χ0v) is 11.1. The number of carbonyl (C=O) groups is 1. The van der Waals surface area contributed by atoms with Crippen molar-refractivity contribution >= 4 is 34.7 Å². The Bertz CT molecular complexity index is 443. The van der Waals surface area contributed by atoms with Crippen molar-refractivity contribution in [1.82, 2.24) is 5.32 Å². The van der Waals surface area contributed by atoms with Gasteiger partial charge in [0.1, 0.15) is 10.7 Å². The second-order valence-electron chi connectivity index (χ2n) is 4.15. The molecule has 1 amide bonds. The highest BCUT2D eigenvalue weighted by atomic mass is 35.5. The minimum absolute atomic E-state index is 0.0649. The van der Waals surface area contributed by atoms with E-state index in [0.29, 0.717) is 9.90 Å². The summed E-state index contributed by atoms with van der Waals surface area (Å²) in [5.41, 5.74) is 4.89. The van der Waals surface area contributed by atoms with E-state index in [1.807, 2.05) is 0 Å². The van der Waals surface area contributed by atoms with E-state index in [-0.39, 0.29) is 18.3 Å². The van der Waals surface area contributed by atoms with Crippen molar-refractivity contribution in [3.05, 3.63) is 21.3 Å². The molecule has 0 aliphatic heterocycles. The van der Waals surface area contributed by atoms with Gasteiger partial charge in [0.25, 0.3) is 5.91 Å². The average molecular weight is 276 g/mol. The van der Waals surface area contributed by atoms with Gasteiger partial charge in [-0.15, -0.1) is 11.3 Å². The summed E-state index contributed by atoms with van der Waals surface area (Å²) in [7, 11) is 0. The lowest BCUT2D eigenvalue weighted by Gasteiger charge is -2.22. The lowest BCUT2D eigenvalue weighted by Crippen LogP contribution is -2.42. The summed E-state index contributed by atoms with van der Waals surface area (Å²) in [6.45, 7) is 3.78. The fourth-order valence-electron chi connectivity index (χ4n) is 1.06. The number of amidine groups is 1. The molecular formula is C10H14ClN3O2S. The maximum atomic E-state index is 11.8. The van der Waals surface area contributed by atoms with E-state index >= 15 is 0 Å². The quantitative estimate of drug-likeness (QED) is 0.339. The van der Waals surface area contributed by atoms with Crippen LogP contribution in [0.1, 0.15) is 23.5 Å². The monoisotopic (exact) mass is 275 g/mol. The molecule has 94 valence electrons. The first-order valence-electron chi connectivity index (χ1n) is 4.87. The first kappa shape index (κ1) is 13.8. The first-order valence-corrected chi connectivity index (χ1v) is 6.13. The Morgan fingerprint density at radius 1 is 1.71 bits per heavy atom. The number of nitrogens with two attached hydrogens (primary N) is 1. The number of nitrogens with zero attached hydrogens (tertiary/aromatic N) is 1. The van der Waals surface area contributed by atoms with Crippen LogP contribution >= 0.6 is 22.9 Å². The summed E-state index contributed by atoms with van der Waals surface area (Å²) in [4.78, 5) is 12.2. The van der Waals surface area contributed by atoms with Gasteiger partial charge >= 0.3 is 0 Å². The van der Waals surface area contributed by atoms with E-state index in [4.69, 9.17) is 22.5 Å². The molecule has 0 bridgehead atoms. The van der Waals surface area contributed by atoms with E-state index in [1.165, 1.54) is 11.3 Å². The lowest BCUT2D eigenvalue weighted by molar-refractivity contribution is 0.0948. The summed E-state index contributed by atoms with van der Waals surface area (Å²) in [5.74, 6) is -0.195. The second kappa shape index (κ2) is 5.37. The molecule has 5 nitrogen and oxygen atoms in total. The van der Waals surface area contributed by atoms with Crippen LogP contribution in [0.3, 0.4) is 0 Å². The molecule has 1 heterocycles. The van der Waals surface area contributed by atoms with Gasteiger partial charge in [0.05, 0.1) is 5.02 Å². The third-order valence-electron chi connectivity index (χ3n) is 2.32. The molecule has 1 aromatic rings. The zero-order valence-electron chi connectivity index (χ0n) is 9.53. The number of thiophene rings is 1. The van der Waals surface area contributed by atoms with Crippen LogP contribution in [0.5, 0.6) is 0 Å². The highest BCUT2D eigenvalue weighted by Crippen LogP contribution is 2.22. The molecule has 0 aromatic carbocycles. The molecule has 0 radical (unpaired) electrons. The van der Waals surface area contributed by atoms with Crippen molar-refractivity contribution in [3.63, 3.8) is 0 Å². The Kier molecular flexibility index (Phi) is 4.36. The number of nitrogens with one attached hydrogen (secondary N) is 1. The summed E-state index contributed by atoms with van der Waals surface area (Å²) in [6, 6.07) is 1.66. The Labute approximate surface area is 108 Å². The van der Waals surface area contributed by atoms with Gasteiger partial charge in [-0.2, -0.15) is 0 Å². The van der Waals surface area contributed by atoms with Gasteiger partial charge in [0.2, 0.25) is 0 Å². The topological polar surface area (TPSA) is 87.7 Å². The van der Waals surface area contributed by atoms with Crippen molar-refractivity contribution in [2.45, 2.75) is 13.8 Å². The maximum absolute atomic E-state index is 11.8. The largest absolute Gasteiger partial charge is 0.409 e. The highest BCUT2D eigenvalue weighted by Gasteiger charge is 2.25. The molecule has 0 fully saturated rings. The molecule has 1 rings (SSSR count). The normalized spacial score (nSPS) is 12.5. The maximum Gasteiger partial charge on any atom is 0.262 e. The van der Waals surface area contributed by atoms with Crippen molar-refractivity contribution < 1.29 is 10.0 Å². The Balaban J connectivity index is 2.64. The summed E-state index contributed by atoms with van der Waals surface area (Å²) >= 11 is 7.10. The van der Waals surface area contributed by atoms with Gasteiger partial charge in [-0.1, -0.05) is 30.6 Å². The van der Waals surface area contributed by atoms with Gasteiger partial charge in [-0.05, 0) is 11.4 Å². The number of oxime groups is 1. The van der Waals surface area contributed by atoms with Crippen LogP contribution in [0, 0.1) is 5.41 Å². The number of halogens is 1. The van der Waals surface area contributed by atoms with Crippen LogP contribution in [0.25, 0.3) is 0 Å². The van der Waals surface area contributed by atoms with E-state index < -0.39 is 5.41 Å². The zero-order chi connectivity index (χ0) is 13.1. The number of hydrogen-bond acceptors (Lipinski definition) is 4. The fourth-order valence-corrected chi connectivity index (χ4v) is 2.12. The predicted molar refractivity (Wildman–Crippen MR) is 68.9 cm³/mol. The molecule has 0 aliphatic rings. The lowest BCUT2D eigenvalue weighted by atomic mass is 9.92. The molecule has 7 heteroatoms. The van der Waals surface area contributed by atoms with Crippen molar-refractivity contribution in [2.24, 2.45) is 16.3 Å². The van der Waals surface area contributed by atoms with Gasteiger partial charge in [-0.3, -0.25) is 4.79 Å². The number of rotatable bonds is 4. The minimum atomic E-state index is -0.617. The van der Waals surface area contributed by atoms with Gasteiger partial charge in [0, 0.05) is 12.0 Å². The molecular weight excluding hydrogens is 262 g/mol. The minimum Gasteiger partial charge on any atom is -0.409 e. The second-order valence-corrected chi connectivity index (χ2v) is 5.47. The van der Waals surface area contributed by atoms with Crippen LogP contribution in [0.2, 0.25) is 5.02 Å². The predicted octanol–water partition coefficient (Wildman–Crippen LogP) is 1.90. The van der Waals surface area contributed by atoms with E-state index in [9.17, 15) is 4.79 Å².